The maximum atomic E-state index is 9.73. The number of alkyl halides is 2. The third kappa shape index (κ3) is 3.95. The molecular weight excluding hydrogens is 263 g/mol. The van der Waals surface area contributed by atoms with Crippen molar-refractivity contribution >= 4 is 23.2 Å². The Bertz CT molecular complexity index is 367. The fourth-order valence-electron chi connectivity index (χ4n) is 1.36. The molecule has 1 atom stereocenters. The number of hydrogen-bond donors (Lipinski definition) is 1. The van der Waals surface area contributed by atoms with Gasteiger partial charge in [-0.1, -0.05) is 6.07 Å². The second-order valence-corrected chi connectivity index (χ2v) is 5.02. The maximum Gasteiger partial charge on any atom is 0.161 e. The van der Waals surface area contributed by atoms with Crippen LogP contribution in [0.5, 0.6) is 11.5 Å². The summed E-state index contributed by atoms with van der Waals surface area (Å²) in [7, 11) is 1.54. The second-order valence-electron chi connectivity index (χ2n) is 3.86. The quantitative estimate of drug-likeness (QED) is 0.840. The zero-order valence-corrected chi connectivity index (χ0v) is 11.5. The smallest absolute Gasteiger partial charge is 0.161 e. The van der Waals surface area contributed by atoms with Crippen molar-refractivity contribution < 1.29 is 14.6 Å². The van der Waals surface area contributed by atoms with Crippen molar-refractivity contribution in [3.63, 3.8) is 0 Å². The molecule has 0 heterocycles. The number of hydrogen-bond acceptors (Lipinski definition) is 3. The molecule has 0 fully saturated rings. The highest BCUT2D eigenvalue weighted by Gasteiger charge is 2.18. The first-order valence-corrected chi connectivity index (χ1v) is 6.13. The molecule has 1 aromatic rings. The molecule has 0 aliphatic heterocycles. The van der Waals surface area contributed by atoms with Crippen LogP contribution in [0.3, 0.4) is 0 Å². The van der Waals surface area contributed by atoms with E-state index in [9.17, 15) is 5.11 Å². The van der Waals surface area contributed by atoms with Gasteiger partial charge in [-0.3, -0.25) is 0 Å². The molecule has 96 valence electrons. The number of benzene rings is 1. The minimum atomic E-state index is -0.944. The van der Waals surface area contributed by atoms with Crippen molar-refractivity contribution in [1.29, 1.82) is 0 Å². The number of aliphatic hydroxyl groups excluding tert-OH is 1. The Balaban J connectivity index is 2.99. The van der Waals surface area contributed by atoms with Crippen molar-refractivity contribution in [3.05, 3.63) is 23.8 Å². The van der Waals surface area contributed by atoms with Gasteiger partial charge in [0.2, 0.25) is 0 Å². The average Bonchev–Trinajstić information content (AvgIpc) is 2.27. The first kappa shape index (κ1) is 14.4. The van der Waals surface area contributed by atoms with Crippen LogP contribution in [0.25, 0.3) is 0 Å². The molecule has 1 N–H and O–H groups in total. The summed E-state index contributed by atoms with van der Waals surface area (Å²) in [4.78, 5) is -0.878. The Hall–Kier alpha value is -0.640. The van der Waals surface area contributed by atoms with Crippen LogP contribution in [0.4, 0.5) is 0 Å². The van der Waals surface area contributed by atoms with Crippen LogP contribution in [-0.4, -0.2) is 23.2 Å². The summed E-state index contributed by atoms with van der Waals surface area (Å²) < 4.78 is 10.8. The first-order chi connectivity index (χ1) is 7.95. The lowest BCUT2D eigenvalue weighted by Gasteiger charge is -2.17. The maximum absolute atomic E-state index is 9.73. The second kappa shape index (κ2) is 6.34. The van der Waals surface area contributed by atoms with Crippen LogP contribution in [0.1, 0.15) is 25.5 Å². The molecule has 0 radical (unpaired) electrons. The molecule has 0 bridgehead atoms. The van der Waals surface area contributed by atoms with E-state index >= 15 is 0 Å². The van der Waals surface area contributed by atoms with E-state index in [4.69, 9.17) is 32.7 Å². The molecule has 0 amide bonds. The lowest BCUT2D eigenvalue weighted by molar-refractivity contribution is 0.191. The Morgan fingerprint density at radius 3 is 2.29 bits per heavy atom. The Labute approximate surface area is 111 Å². The fraction of sp³-hybridized carbons (Fsp3) is 0.500. The largest absolute Gasteiger partial charge is 0.493 e. The highest BCUT2D eigenvalue weighted by Crippen LogP contribution is 2.33. The molecule has 0 saturated heterocycles. The molecule has 0 aliphatic rings. The number of aliphatic hydroxyl groups is 1. The highest BCUT2D eigenvalue weighted by molar-refractivity contribution is 6.44. The van der Waals surface area contributed by atoms with E-state index in [2.05, 4.69) is 0 Å². The molecule has 1 unspecified atom stereocenters. The molecule has 1 aromatic carbocycles. The third-order valence-electron chi connectivity index (χ3n) is 2.13. The van der Waals surface area contributed by atoms with Crippen molar-refractivity contribution in [2.45, 2.75) is 30.9 Å². The monoisotopic (exact) mass is 278 g/mol. The molecule has 1 rings (SSSR count). The van der Waals surface area contributed by atoms with E-state index in [1.165, 1.54) is 7.11 Å². The molecule has 0 spiro atoms. The predicted molar refractivity (Wildman–Crippen MR) is 69.2 cm³/mol. The van der Waals surface area contributed by atoms with Crippen LogP contribution in [0.2, 0.25) is 0 Å². The van der Waals surface area contributed by atoms with Gasteiger partial charge in [0.05, 0.1) is 13.2 Å². The van der Waals surface area contributed by atoms with E-state index in [1.807, 2.05) is 13.8 Å². The molecular formula is C12H16Cl2O3. The van der Waals surface area contributed by atoms with Gasteiger partial charge in [-0.25, -0.2) is 0 Å². The third-order valence-corrected chi connectivity index (χ3v) is 2.61. The molecule has 0 aromatic heterocycles. The molecule has 0 saturated carbocycles. The van der Waals surface area contributed by atoms with Gasteiger partial charge in [0.1, 0.15) is 10.9 Å². The van der Waals surface area contributed by atoms with E-state index < -0.39 is 10.9 Å². The normalized spacial score (nSPS) is 12.9. The van der Waals surface area contributed by atoms with E-state index in [1.54, 1.807) is 18.2 Å². The summed E-state index contributed by atoms with van der Waals surface area (Å²) in [6.07, 6.45) is -0.895. The molecule has 3 nitrogen and oxygen atoms in total. The van der Waals surface area contributed by atoms with Gasteiger partial charge in [0.25, 0.3) is 0 Å². The number of methoxy groups -OCH3 is 1. The minimum Gasteiger partial charge on any atom is -0.493 e. The summed E-state index contributed by atoms with van der Waals surface area (Å²) in [6.45, 7) is 3.85. The summed E-state index contributed by atoms with van der Waals surface area (Å²) in [6, 6.07) is 5.11. The van der Waals surface area contributed by atoms with Gasteiger partial charge in [-0.05, 0) is 31.5 Å². The molecule has 5 heteroatoms. The predicted octanol–water partition coefficient (Wildman–Crippen LogP) is 3.32. The van der Waals surface area contributed by atoms with Crippen molar-refractivity contribution in [2.24, 2.45) is 0 Å². The highest BCUT2D eigenvalue weighted by atomic mass is 35.5. The summed E-state index contributed by atoms with van der Waals surface area (Å²) in [5, 5.41) is 9.73. The van der Waals surface area contributed by atoms with Crippen LogP contribution >= 0.6 is 23.2 Å². The summed E-state index contributed by atoms with van der Waals surface area (Å²) >= 11 is 11.3. The fourth-order valence-corrected chi connectivity index (χ4v) is 1.66. The van der Waals surface area contributed by atoms with Crippen LogP contribution in [0, 0.1) is 0 Å². The lowest BCUT2D eigenvalue weighted by Crippen LogP contribution is -2.09. The Kier molecular flexibility index (Phi) is 5.37. The van der Waals surface area contributed by atoms with E-state index in [0.29, 0.717) is 17.1 Å². The van der Waals surface area contributed by atoms with E-state index in [-0.39, 0.29) is 6.10 Å². The van der Waals surface area contributed by atoms with Gasteiger partial charge in [-0.2, -0.15) is 0 Å². The van der Waals surface area contributed by atoms with Gasteiger partial charge in [-0.15, -0.1) is 23.2 Å². The Morgan fingerprint density at radius 2 is 1.82 bits per heavy atom. The zero-order chi connectivity index (χ0) is 13.0. The van der Waals surface area contributed by atoms with Gasteiger partial charge < -0.3 is 14.6 Å². The van der Waals surface area contributed by atoms with Crippen molar-refractivity contribution in [3.8, 4) is 11.5 Å². The van der Waals surface area contributed by atoms with Gasteiger partial charge in [0.15, 0.2) is 11.5 Å². The average molecular weight is 279 g/mol. The first-order valence-electron chi connectivity index (χ1n) is 5.26. The van der Waals surface area contributed by atoms with Gasteiger partial charge >= 0.3 is 0 Å². The standard InChI is InChI=1S/C12H16Cl2O3/c1-7(2)17-9-5-4-8(6-10(9)16-3)11(15)12(13)14/h4-7,11-12,15H,1-3H3. The van der Waals surface area contributed by atoms with Crippen LogP contribution in [0.15, 0.2) is 18.2 Å². The van der Waals surface area contributed by atoms with Crippen molar-refractivity contribution in [1.82, 2.24) is 0 Å². The van der Waals surface area contributed by atoms with Crippen molar-refractivity contribution in [2.75, 3.05) is 7.11 Å². The van der Waals surface area contributed by atoms with Gasteiger partial charge in [0, 0.05) is 0 Å². The lowest BCUT2D eigenvalue weighted by atomic mass is 10.1. The van der Waals surface area contributed by atoms with Crippen LogP contribution in [-0.2, 0) is 0 Å². The topological polar surface area (TPSA) is 38.7 Å². The molecule has 17 heavy (non-hydrogen) atoms. The molecule has 0 aliphatic carbocycles. The summed E-state index contributed by atoms with van der Waals surface area (Å²) in [5.74, 6) is 1.17. The number of ether oxygens (including phenoxy) is 2. The zero-order valence-electron chi connectivity index (χ0n) is 9.98. The Morgan fingerprint density at radius 1 is 1.18 bits per heavy atom. The van der Waals surface area contributed by atoms with Crippen LogP contribution < -0.4 is 9.47 Å². The number of rotatable bonds is 5. The SMILES string of the molecule is COc1cc(C(O)C(Cl)Cl)ccc1OC(C)C. The summed E-state index contributed by atoms with van der Waals surface area (Å²) in [5.41, 5.74) is 0.591. The number of halogens is 2. The minimum absolute atomic E-state index is 0.0495. The van der Waals surface area contributed by atoms with E-state index in [0.717, 1.165) is 0 Å².